The standard InChI is InChI=1S/C12H16O3S/c1-9-6-4-5-7-10(9)16(15)8-12(2,3)11(13)14/h4-7H,8H2,1-3H3,(H,13,14). The Morgan fingerprint density at radius 2 is 1.94 bits per heavy atom. The van der Waals surface area contributed by atoms with E-state index in [9.17, 15) is 9.00 Å². The Morgan fingerprint density at radius 3 is 2.44 bits per heavy atom. The maximum atomic E-state index is 12.0. The molecule has 0 amide bonds. The van der Waals surface area contributed by atoms with Crippen molar-refractivity contribution in [3.05, 3.63) is 29.8 Å². The summed E-state index contributed by atoms with van der Waals surface area (Å²) in [5.41, 5.74) is -0.0327. The maximum absolute atomic E-state index is 12.0. The summed E-state index contributed by atoms with van der Waals surface area (Å²) >= 11 is 0. The van der Waals surface area contributed by atoms with Crippen molar-refractivity contribution in [2.75, 3.05) is 5.75 Å². The van der Waals surface area contributed by atoms with E-state index < -0.39 is 22.2 Å². The van der Waals surface area contributed by atoms with E-state index in [4.69, 9.17) is 5.11 Å². The summed E-state index contributed by atoms with van der Waals surface area (Å²) in [7, 11) is -1.27. The molecule has 16 heavy (non-hydrogen) atoms. The van der Waals surface area contributed by atoms with Gasteiger partial charge in [0.05, 0.1) is 16.2 Å². The largest absolute Gasteiger partial charge is 0.481 e. The number of hydrogen-bond acceptors (Lipinski definition) is 2. The van der Waals surface area contributed by atoms with Crippen molar-refractivity contribution >= 4 is 16.8 Å². The highest BCUT2D eigenvalue weighted by Gasteiger charge is 2.30. The van der Waals surface area contributed by atoms with Gasteiger partial charge in [0.15, 0.2) is 0 Å². The molecule has 1 aromatic carbocycles. The molecule has 0 heterocycles. The SMILES string of the molecule is Cc1ccccc1S(=O)CC(C)(C)C(=O)O. The second-order valence-electron chi connectivity index (χ2n) is 4.44. The molecule has 1 unspecified atom stereocenters. The van der Waals surface area contributed by atoms with Gasteiger partial charge in [-0.3, -0.25) is 9.00 Å². The summed E-state index contributed by atoms with van der Waals surface area (Å²) < 4.78 is 12.0. The Balaban J connectivity index is 2.89. The zero-order chi connectivity index (χ0) is 12.3. The van der Waals surface area contributed by atoms with Crippen LogP contribution in [-0.4, -0.2) is 21.0 Å². The third-order valence-corrected chi connectivity index (χ3v) is 4.34. The average molecular weight is 240 g/mol. The molecule has 0 radical (unpaired) electrons. The van der Waals surface area contributed by atoms with Crippen LogP contribution in [0.3, 0.4) is 0 Å². The quantitative estimate of drug-likeness (QED) is 0.878. The third kappa shape index (κ3) is 2.92. The van der Waals surface area contributed by atoms with Crippen LogP contribution in [0.4, 0.5) is 0 Å². The van der Waals surface area contributed by atoms with Crippen LogP contribution >= 0.6 is 0 Å². The molecule has 88 valence electrons. The summed E-state index contributed by atoms with van der Waals surface area (Å²) in [5, 5.41) is 8.97. The molecule has 0 aliphatic heterocycles. The van der Waals surface area contributed by atoms with Gasteiger partial charge in [-0.05, 0) is 32.4 Å². The van der Waals surface area contributed by atoms with Crippen LogP contribution in [0.15, 0.2) is 29.2 Å². The lowest BCUT2D eigenvalue weighted by atomic mass is 9.97. The highest BCUT2D eigenvalue weighted by atomic mass is 32.2. The molecule has 0 fully saturated rings. The van der Waals surface area contributed by atoms with Gasteiger partial charge >= 0.3 is 5.97 Å². The van der Waals surface area contributed by atoms with Gasteiger partial charge in [-0.1, -0.05) is 18.2 Å². The van der Waals surface area contributed by atoms with Crippen molar-refractivity contribution < 1.29 is 14.1 Å². The Kier molecular flexibility index (Phi) is 3.86. The number of carbonyl (C=O) groups is 1. The molecule has 0 saturated heterocycles. The topological polar surface area (TPSA) is 54.4 Å². The normalized spacial score (nSPS) is 13.4. The average Bonchev–Trinajstić information content (AvgIpc) is 2.17. The van der Waals surface area contributed by atoms with E-state index in [0.717, 1.165) is 10.5 Å². The highest BCUT2D eigenvalue weighted by Crippen LogP contribution is 2.22. The van der Waals surface area contributed by atoms with Gasteiger partial charge in [0.25, 0.3) is 0 Å². The number of aryl methyl sites for hydroxylation is 1. The van der Waals surface area contributed by atoms with Crippen molar-refractivity contribution in [2.45, 2.75) is 25.7 Å². The van der Waals surface area contributed by atoms with Crippen LogP contribution in [-0.2, 0) is 15.6 Å². The molecule has 1 N–H and O–H groups in total. The van der Waals surface area contributed by atoms with Crippen LogP contribution in [0.1, 0.15) is 19.4 Å². The smallest absolute Gasteiger partial charge is 0.310 e. The highest BCUT2D eigenvalue weighted by molar-refractivity contribution is 7.85. The molecule has 0 saturated carbocycles. The van der Waals surface area contributed by atoms with Gasteiger partial charge in [-0.15, -0.1) is 0 Å². The predicted molar refractivity (Wildman–Crippen MR) is 63.9 cm³/mol. The van der Waals surface area contributed by atoms with Crippen LogP contribution < -0.4 is 0 Å². The zero-order valence-electron chi connectivity index (χ0n) is 9.69. The van der Waals surface area contributed by atoms with Crippen molar-refractivity contribution in [1.29, 1.82) is 0 Å². The number of rotatable bonds is 4. The number of aliphatic carboxylic acids is 1. The van der Waals surface area contributed by atoms with Gasteiger partial charge in [0.1, 0.15) is 0 Å². The van der Waals surface area contributed by atoms with Gasteiger partial charge in [0.2, 0.25) is 0 Å². The predicted octanol–water partition coefficient (Wildman–Crippen LogP) is 2.21. The Bertz CT molecular complexity index is 424. The second kappa shape index (κ2) is 4.78. The summed E-state index contributed by atoms with van der Waals surface area (Å²) in [6.45, 7) is 5.05. The number of carboxylic acids is 1. The lowest BCUT2D eigenvalue weighted by Gasteiger charge is -2.18. The molecule has 0 spiro atoms. The molecular weight excluding hydrogens is 224 g/mol. The molecule has 0 aliphatic rings. The zero-order valence-corrected chi connectivity index (χ0v) is 10.5. The van der Waals surface area contributed by atoms with E-state index in [1.807, 2.05) is 25.1 Å². The van der Waals surface area contributed by atoms with E-state index in [-0.39, 0.29) is 5.75 Å². The number of carboxylic acid groups (broad SMARTS) is 1. The van der Waals surface area contributed by atoms with Crippen molar-refractivity contribution in [1.82, 2.24) is 0 Å². The lowest BCUT2D eigenvalue weighted by molar-refractivity contribution is -0.145. The fraction of sp³-hybridized carbons (Fsp3) is 0.417. The molecule has 0 aromatic heterocycles. The first kappa shape index (κ1) is 12.9. The number of hydrogen-bond donors (Lipinski definition) is 1. The molecule has 4 heteroatoms. The summed E-state index contributed by atoms with van der Waals surface area (Å²) in [4.78, 5) is 11.7. The molecule has 1 atom stereocenters. The molecule has 3 nitrogen and oxygen atoms in total. The minimum Gasteiger partial charge on any atom is -0.481 e. The van der Waals surface area contributed by atoms with Gasteiger partial charge in [0, 0.05) is 10.6 Å². The summed E-state index contributed by atoms with van der Waals surface area (Å²) in [5.74, 6) is -0.790. The van der Waals surface area contributed by atoms with E-state index in [1.165, 1.54) is 0 Å². The second-order valence-corrected chi connectivity index (χ2v) is 5.86. The van der Waals surface area contributed by atoms with Crippen LogP contribution in [0.2, 0.25) is 0 Å². The minimum absolute atomic E-state index is 0.132. The van der Waals surface area contributed by atoms with Crippen molar-refractivity contribution in [2.24, 2.45) is 5.41 Å². The van der Waals surface area contributed by atoms with E-state index in [2.05, 4.69) is 0 Å². The van der Waals surface area contributed by atoms with E-state index >= 15 is 0 Å². The first-order chi connectivity index (χ1) is 7.34. The Hall–Kier alpha value is -1.16. The number of benzene rings is 1. The summed E-state index contributed by atoms with van der Waals surface area (Å²) in [6.07, 6.45) is 0. The van der Waals surface area contributed by atoms with E-state index in [0.29, 0.717) is 0 Å². The first-order valence-corrected chi connectivity index (χ1v) is 6.34. The molecule has 1 aromatic rings. The minimum atomic E-state index is -1.27. The third-order valence-electron chi connectivity index (χ3n) is 2.41. The maximum Gasteiger partial charge on any atom is 0.310 e. The van der Waals surface area contributed by atoms with Crippen LogP contribution in [0.25, 0.3) is 0 Å². The van der Waals surface area contributed by atoms with Crippen molar-refractivity contribution in [3.63, 3.8) is 0 Å². The fourth-order valence-electron chi connectivity index (χ4n) is 1.28. The van der Waals surface area contributed by atoms with Gasteiger partial charge in [-0.25, -0.2) is 0 Å². The molecule has 0 bridgehead atoms. The first-order valence-electron chi connectivity index (χ1n) is 5.02. The summed E-state index contributed by atoms with van der Waals surface area (Å²) in [6, 6.07) is 7.34. The molecule has 0 aliphatic carbocycles. The van der Waals surface area contributed by atoms with Crippen LogP contribution in [0.5, 0.6) is 0 Å². The molecular formula is C12H16O3S. The Morgan fingerprint density at radius 1 is 1.38 bits per heavy atom. The lowest BCUT2D eigenvalue weighted by Crippen LogP contribution is -2.30. The van der Waals surface area contributed by atoms with Gasteiger partial charge < -0.3 is 5.11 Å². The van der Waals surface area contributed by atoms with Crippen molar-refractivity contribution in [3.8, 4) is 0 Å². The van der Waals surface area contributed by atoms with E-state index in [1.54, 1.807) is 19.9 Å². The van der Waals surface area contributed by atoms with Gasteiger partial charge in [-0.2, -0.15) is 0 Å². The monoisotopic (exact) mass is 240 g/mol. The fourth-order valence-corrected chi connectivity index (χ4v) is 2.87. The van der Waals surface area contributed by atoms with Crippen LogP contribution in [0, 0.1) is 12.3 Å². The Labute approximate surface area is 98.0 Å². The molecule has 1 rings (SSSR count).